The van der Waals surface area contributed by atoms with Gasteiger partial charge in [0.2, 0.25) is 0 Å². The molecule has 0 bridgehead atoms. The summed E-state index contributed by atoms with van der Waals surface area (Å²) in [6.45, 7) is 0. The average molecular weight is 120 g/mol. The molecule has 1 rings (SSSR count). The van der Waals surface area contributed by atoms with Crippen molar-refractivity contribution < 1.29 is 9.11 Å². The molecule has 1 heterocycles. The molecule has 0 amide bonds. The molecule has 3 heteroatoms. The highest BCUT2D eigenvalue weighted by Gasteiger charge is 2.11. The second kappa shape index (κ2) is 1.51. The first-order valence-corrected chi connectivity index (χ1v) is 3.98. The summed E-state index contributed by atoms with van der Waals surface area (Å²) in [6, 6.07) is 0. The topological polar surface area (TPSA) is 40.5 Å². The molecule has 1 aliphatic rings. The van der Waals surface area contributed by atoms with Crippen LogP contribution in [-0.2, 0) is 0 Å². The molecule has 0 unspecified atom stereocenters. The van der Waals surface area contributed by atoms with E-state index < -0.39 is 10.6 Å². The van der Waals surface area contributed by atoms with Crippen molar-refractivity contribution >= 4 is 10.6 Å². The smallest absolute Gasteiger partial charge is 0.0559 e. The fraction of sp³-hybridized carbons (Fsp3) is 0.500. The van der Waals surface area contributed by atoms with Crippen LogP contribution in [0.3, 0.4) is 0 Å². The van der Waals surface area contributed by atoms with Gasteiger partial charge in [-0.2, -0.15) is 10.6 Å². The van der Waals surface area contributed by atoms with Crippen molar-refractivity contribution in [2.75, 3.05) is 11.5 Å². The maximum absolute atomic E-state index is 8.77. The van der Waals surface area contributed by atoms with Crippen LogP contribution in [0.15, 0.2) is 12.2 Å². The fourth-order valence-corrected chi connectivity index (χ4v) is 1.54. The van der Waals surface area contributed by atoms with Crippen LogP contribution in [0.5, 0.6) is 0 Å². The summed E-state index contributed by atoms with van der Waals surface area (Å²) >= 11 is 0. The number of hydrogen-bond donors (Lipinski definition) is 2. The number of hydrogen-bond acceptors (Lipinski definition) is 2. The predicted molar refractivity (Wildman–Crippen MR) is 31.7 cm³/mol. The highest BCUT2D eigenvalue weighted by atomic mass is 32.3. The monoisotopic (exact) mass is 120 g/mol. The van der Waals surface area contributed by atoms with Crippen molar-refractivity contribution in [1.82, 2.24) is 0 Å². The van der Waals surface area contributed by atoms with E-state index in [2.05, 4.69) is 0 Å². The molecule has 0 aliphatic carbocycles. The summed E-state index contributed by atoms with van der Waals surface area (Å²) in [5.41, 5.74) is 0. The van der Waals surface area contributed by atoms with Gasteiger partial charge < -0.3 is 0 Å². The third-order valence-corrected chi connectivity index (χ3v) is 2.35. The molecule has 0 spiro atoms. The Morgan fingerprint density at radius 3 is 1.71 bits per heavy atom. The van der Waals surface area contributed by atoms with Crippen LogP contribution in [0, 0.1) is 0 Å². The largest absolute Gasteiger partial charge is 0.299 e. The van der Waals surface area contributed by atoms with Crippen molar-refractivity contribution in [3.63, 3.8) is 0 Å². The predicted octanol–water partition coefficient (Wildman–Crippen LogP) is 1.31. The Hall–Kier alpha value is 0.0100. The van der Waals surface area contributed by atoms with Crippen LogP contribution < -0.4 is 0 Å². The number of rotatable bonds is 0. The van der Waals surface area contributed by atoms with Crippen molar-refractivity contribution in [1.29, 1.82) is 0 Å². The standard InChI is InChI=1S/C4H8O2S/c5-7(6)3-1-2-4-7/h1-2,5-6H,3-4H2. The molecule has 0 radical (unpaired) electrons. The van der Waals surface area contributed by atoms with Crippen molar-refractivity contribution in [2.45, 2.75) is 0 Å². The molecular weight excluding hydrogens is 112 g/mol. The molecule has 0 aromatic rings. The first-order chi connectivity index (χ1) is 3.21. The lowest BCUT2D eigenvalue weighted by atomic mass is 10.6. The van der Waals surface area contributed by atoms with E-state index in [1.54, 1.807) is 12.2 Å². The van der Waals surface area contributed by atoms with E-state index in [1.165, 1.54) is 0 Å². The first-order valence-electron chi connectivity index (χ1n) is 2.09. The van der Waals surface area contributed by atoms with Crippen LogP contribution >= 0.6 is 10.6 Å². The van der Waals surface area contributed by atoms with Gasteiger partial charge in [-0.1, -0.05) is 12.2 Å². The van der Waals surface area contributed by atoms with Gasteiger partial charge in [0.15, 0.2) is 0 Å². The SMILES string of the molecule is OS1(O)CC=CC1. The quantitative estimate of drug-likeness (QED) is 0.473. The molecule has 2 nitrogen and oxygen atoms in total. The highest BCUT2D eigenvalue weighted by molar-refractivity contribution is 8.24. The average Bonchev–Trinajstić information content (AvgIpc) is 1.84. The van der Waals surface area contributed by atoms with E-state index in [4.69, 9.17) is 9.11 Å². The van der Waals surface area contributed by atoms with E-state index in [0.29, 0.717) is 11.5 Å². The molecule has 0 fully saturated rings. The van der Waals surface area contributed by atoms with Crippen molar-refractivity contribution in [3.05, 3.63) is 12.2 Å². The minimum atomic E-state index is -2.16. The normalized spacial score (nSPS) is 30.6. The van der Waals surface area contributed by atoms with Crippen LogP contribution in [-0.4, -0.2) is 20.6 Å². The minimum Gasteiger partial charge on any atom is -0.299 e. The summed E-state index contributed by atoms with van der Waals surface area (Å²) in [7, 11) is -2.16. The molecule has 42 valence electrons. The van der Waals surface area contributed by atoms with Crippen LogP contribution in [0.25, 0.3) is 0 Å². The van der Waals surface area contributed by atoms with E-state index >= 15 is 0 Å². The third-order valence-electron chi connectivity index (χ3n) is 0.893. The lowest BCUT2D eigenvalue weighted by Gasteiger charge is -2.24. The van der Waals surface area contributed by atoms with Crippen LogP contribution in [0.2, 0.25) is 0 Å². The Kier molecular flexibility index (Phi) is 1.11. The fourth-order valence-electron chi connectivity index (χ4n) is 0.512. The van der Waals surface area contributed by atoms with Gasteiger partial charge in [-0.25, -0.2) is 0 Å². The Labute approximate surface area is 44.2 Å². The van der Waals surface area contributed by atoms with Gasteiger partial charge in [0.1, 0.15) is 0 Å². The third kappa shape index (κ3) is 1.19. The molecule has 0 aromatic heterocycles. The zero-order valence-corrected chi connectivity index (χ0v) is 4.69. The van der Waals surface area contributed by atoms with E-state index in [1.807, 2.05) is 0 Å². The summed E-state index contributed by atoms with van der Waals surface area (Å²) in [5.74, 6) is 0.931. The van der Waals surface area contributed by atoms with Gasteiger partial charge in [0.05, 0.1) is 11.5 Å². The van der Waals surface area contributed by atoms with Gasteiger partial charge in [-0.15, -0.1) is 0 Å². The summed E-state index contributed by atoms with van der Waals surface area (Å²) in [4.78, 5) is 0. The van der Waals surface area contributed by atoms with Crippen LogP contribution in [0.1, 0.15) is 0 Å². The van der Waals surface area contributed by atoms with Crippen LogP contribution in [0.4, 0.5) is 0 Å². The molecule has 7 heavy (non-hydrogen) atoms. The first kappa shape index (κ1) is 5.15. The summed E-state index contributed by atoms with van der Waals surface area (Å²) in [6.07, 6.45) is 3.60. The summed E-state index contributed by atoms with van der Waals surface area (Å²) in [5, 5.41) is 0. The van der Waals surface area contributed by atoms with Gasteiger partial charge in [0.25, 0.3) is 0 Å². The zero-order chi connectivity index (χ0) is 5.33. The lowest BCUT2D eigenvalue weighted by Crippen LogP contribution is -1.96. The van der Waals surface area contributed by atoms with E-state index in [9.17, 15) is 0 Å². The van der Waals surface area contributed by atoms with Gasteiger partial charge in [0, 0.05) is 0 Å². The van der Waals surface area contributed by atoms with Crippen molar-refractivity contribution in [3.8, 4) is 0 Å². The van der Waals surface area contributed by atoms with E-state index in [0.717, 1.165) is 0 Å². The maximum atomic E-state index is 8.77. The Morgan fingerprint density at radius 1 is 1.14 bits per heavy atom. The van der Waals surface area contributed by atoms with Crippen molar-refractivity contribution in [2.24, 2.45) is 0 Å². The molecule has 0 aromatic carbocycles. The molecular formula is C4H8O2S. The van der Waals surface area contributed by atoms with E-state index in [-0.39, 0.29) is 0 Å². The second-order valence-corrected chi connectivity index (χ2v) is 3.88. The lowest BCUT2D eigenvalue weighted by molar-refractivity contribution is 0.497. The minimum absolute atomic E-state index is 0.465. The molecule has 0 saturated carbocycles. The van der Waals surface area contributed by atoms with Gasteiger partial charge >= 0.3 is 0 Å². The second-order valence-electron chi connectivity index (χ2n) is 1.61. The molecule has 0 saturated heterocycles. The Balaban J connectivity index is 2.49. The molecule has 1 aliphatic heterocycles. The maximum Gasteiger partial charge on any atom is 0.0559 e. The zero-order valence-electron chi connectivity index (χ0n) is 3.87. The van der Waals surface area contributed by atoms with Gasteiger partial charge in [-0.3, -0.25) is 9.11 Å². The molecule has 0 atom stereocenters. The Bertz CT molecular complexity index is 87.9. The Morgan fingerprint density at radius 2 is 1.57 bits per heavy atom. The van der Waals surface area contributed by atoms with Gasteiger partial charge in [-0.05, 0) is 0 Å². The highest BCUT2D eigenvalue weighted by Crippen LogP contribution is 2.41. The summed E-state index contributed by atoms with van der Waals surface area (Å²) < 4.78 is 17.5. The molecule has 2 N–H and O–H groups in total.